The van der Waals surface area contributed by atoms with E-state index in [1.807, 2.05) is 6.92 Å². The molecule has 0 radical (unpaired) electrons. The van der Waals surface area contributed by atoms with E-state index >= 15 is 0 Å². The summed E-state index contributed by atoms with van der Waals surface area (Å²) >= 11 is 0. The van der Waals surface area contributed by atoms with Crippen LogP contribution in [0.15, 0.2) is 18.2 Å². The maximum atomic E-state index is 12.6. The Kier molecular flexibility index (Phi) is 4.42. The maximum absolute atomic E-state index is 12.6. The van der Waals surface area contributed by atoms with Gasteiger partial charge in [-0.15, -0.1) is 0 Å². The quantitative estimate of drug-likeness (QED) is 0.900. The lowest BCUT2D eigenvalue weighted by Crippen LogP contribution is -2.27. The van der Waals surface area contributed by atoms with Gasteiger partial charge >= 0.3 is 0 Å². The van der Waals surface area contributed by atoms with E-state index in [4.69, 9.17) is 9.47 Å². The molecule has 1 N–H and O–H groups in total. The first-order valence-corrected chi connectivity index (χ1v) is 6.41. The molecule has 21 heavy (non-hydrogen) atoms. The molecule has 0 aliphatic carbocycles. The smallest absolute Gasteiger partial charge is 0.261 e. The van der Waals surface area contributed by atoms with Crippen molar-refractivity contribution in [1.82, 2.24) is 20.1 Å². The Morgan fingerprint density at radius 2 is 1.90 bits per heavy atom. The number of hydrogen-bond donors (Lipinski definition) is 1. The molecule has 7 nitrogen and oxygen atoms in total. The Balaban J connectivity index is 2.26. The molecule has 0 atom stereocenters. The zero-order chi connectivity index (χ0) is 15.4. The predicted octanol–water partition coefficient (Wildman–Crippen LogP) is 1.40. The van der Waals surface area contributed by atoms with Gasteiger partial charge in [-0.1, -0.05) is 6.07 Å². The molecule has 1 heterocycles. The highest BCUT2D eigenvalue weighted by molar-refractivity contribution is 5.99. The fraction of sp³-hybridized carbons (Fsp3) is 0.357. The number of methoxy groups -OCH3 is 2. The molecule has 1 amide bonds. The summed E-state index contributed by atoms with van der Waals surface area (Å²) in [6.45, 7) is 2.10. The number of nitrogens with one attached hydrogen (secondary N) is 1. The zero-order valence-electron chi connectivity index (χ0n) is 12.5. The van der Waals surface area contributed by atoms with Crippen LogP contribution < -0.4 is 9.47 Å². The van der Waals surface area contributed by atoms with Crippen molar-refractivity contribution in [3.63, 3.8) is 0 Å². The number of H-pyrrole nitrogens is 1. The van der Waals surface area contributed by atoms with Gasteiger partial charge in [-0.2, -0.15) is 5.10 Å². The van der Waals surface area contributed by atoms with E-state index in [9.17, 15) is 4.79 Å². The van der Waals surface area contributed by atoms with Crippen LogP contribution in [0, 0.1) is 6.92 Å². The van der Waals surface area contributed by atoms with Crippen LogP contribution in [0.25, 0.3) is 0 Å². The standard InChI is InChI=1S/C14H18N4O3/c1-9-15-12(17-16-9)8-18(2)14(19)13-10(20-3)6-5-7-11(13)21-4/h5-7H,8H2,1-4H3,(H,15,16,17). The van der Waals surface area contributed by atoms with Gasteiger partial charge in [-0.25, -0.2) is 4.98 Å². The van der Waals surface area contributed by atoms with E-state index in [1.54, 1.807) is 25.2 Å². The summed E-state index contributed by atoms with van der Waals surface area (Å²) in [5, 5.41) is 6.77. The summed E-state index contributed by atoms with van der Waals surface area (Å²) in [7, 11) is 4.72. The van der Waals surface area contributed by atoms with Gasteiger partial charge in [-0.05, 0) is 19.1 Å². The van der Waals surface area contributed by atoms with Crippen molar-refractivity contribution < 1.29 is 14.3 Å². The Labute approximate surface area is 122 Å². The minimum absolute atomic E-state index is 0.216. The molecule has 2 aromatic rings. The van der Waals surface area contributed by atoms with Crippen molar-refractivity contribution in [2.24, 2.45) is 0 Å². The summed E-state index contributed by atoms with van der Waals surface area (Å²) in [5.41, 5.74) is 0.386. The summed E-state index contributed by atoms with van der Waals surface area (Å²) < 4.78 is 10.5. The van der Waals surface area contributed by atoms with Gasteiger partial charge < -0.3 is 14.4 Å². The molecule has 0 bridgehead atoms. The molecule has 1 aromatic heterocycles. The Morgan fingerprint density at radius 3 is 2.38 bits per heavy atom. The van der Waals surface area contributed by atoms with Gasteiger partial charge in [0, 0.05) is 7.05 Å². The monoisotopic (exact) mass is 290 g/mol. The molecule has 1 aromatic carbocycles. The van der Waals surface area contributed by atoms with E-state index in [0.29, 0.717) is 35.3 Å². The second-order valence-corrected chi connectivity index (χ2v) is 4.54. The summed E-state index contributed by atoms with van der Waals surface area (Å²) in [6.07, 6.45) is 0. The molecular formula is C14H18N4O3. The van der Waals surface area contributed by atoms with Crippen LogP contribution in [-0.4, -0.2) is 47.3 Å². The first-order chi connectivity index (χ1) is 10.1. The largest absolute Gasteiger partial charge is 0.496 e. The van der Waals surface area contributed by atoms with Crippen LogP contribution in [-0.2, 0) is 6.54 Å². The second-order valence-electron chi connectivity index (χ2n) is 4.54. The van der Waals surface area contributed by atoms with E-state index in [0.717, 1.165) is 0 Å². The van der Waals surface area contributed by atoms with Crippen LogP contribution in [0.3, 0.4) is 0 Å². The molecule has 112 valence electrons. The van der Waals surface area contributed by atoms with Crippen molar-refractivity contribution in [3.05, 3.63) is 35.4 Å². The SMILES string of the molecule is COc1cccc(OC)c1C(=O)N(C)Cc1n[nH]c(C)n1. The predicted molar refractivity (Wildman–Crippen MR) is 76.5 cm³/mol. The van der Waals surface area contributed by atoms with E-state index in [2.05, 4.69) is 15.2 Å². The third-order valence-corrected chi connectivity index (χ3v) is 3.01. The van der Waals surface area contributed by atoms with Crippen molar-refractivity contribution in [3.8, 4) is 11.5 Å². The van der Waals surface area contributed by atoms with Gasteiger partial charge in [0.05, 0.1) is 20.8 Å². The Morgan fingerprint density at radius 1 is 1.29 bits per heavy atom. The molecule has 0 aliphatic rings. The first-order valence-electron chi connectivity index (χ1n) is 6.41. The first kappa shape index (κ1) is 14.8. The minimum Gasteiger partial charge on any atom is -0.496 e. The number of aromatic nitrogens is 3. The summed E-state index contributed by atoms with van der Waals surface area (Å²) in [4.78, 5) is 18.3. The number of aryl methyl sites for hydroxylation is 1. The number of aromatic amines is 1. The molecule has 0 spiro atoms. The number of hydrogen-bond acceptors (Lipinski definition) is 5. The average Bonchev–Trinajstić information content (AvgIpc) is 2.90. The van der Waals surface area contributed by atoms with Crippen molar-refractivity contribution >= 4 is 5.91 Å². The second kappa shape index (κ2) is 6.25. The summed E-state index contributed by atoms with van der Waals surface area (Å²) in [6, 6.07) is 5.22. The van der Waals surface area contributed by atoms with Crippen LogP contribution in [0.2, 0.25) is 0 Å². The lowest BCUT2D eigenvalue weighted by atomic mass is 10.1. The maximum Gasteiger partial charge on any atom is 0.261 e. The van der Waals surface area contributed by atoms with E-state index in [1.165, 1.54) is 19.1 Å². The average molecular weight is 290 g/mol. The van der Waals surface area contributed by atoms with Crippen molar-refractivity contribution in [2.45, 2.75) is 13.5 Å². The molecule has 0 saturated carbocycles. The number of rotatable bonds is 5. The minimum atomic E-state index is -0.216. The topological polar surface area (TPSA) is 80.3 Å². The highest BCUT2D eigenvalue weighted by atomic mass is 16.5. The normalized spacial score (nSPS) is 10.3. The molecule has 0 unspecified atom stereocenters. The molecular weight excluding hydrogens is 272 g/mol. The number of carbonyl (C=O) groups excluding carboxylic acids is 1. The number of nitrogens with zero attached hydrogens (tertiary/aromatic N) is 3. The molecule has 0 aliphatic heterocycles. The van der Waals surface area contributed by atoms with Gasteiger partial charge in [0.2, 0.25) is 0 Å². The highest BCUT2D eigenvalue weighted by Crippen LogP contribution is 2.29. The Hall–Kier alpha value is -2.57. The van der Waals surface area contributed by atoms with Crippen LogP contribution in [0.4, 0.5) is 0 Å². The fourth-order valence-electron chi connectivity index (χ4n) is 2.00. The lowest BCUT2D eigenvalue weighted by Gasteiger charge is -2.19. The van der Waals surface area contributed by atoms with E-state index in [-0.39, 0.29) is 5.91 Å². The zero-order valence-corrected chi connectivity index (χ0v) is 12.5. The Bertz CT molecular complexity index is 617. The van der Waals surface area contributed by atoms with Crippen LogP contribution >= 0.6 is 0 Å². The number of carbonyl (C=O) groups is 1. The third kappa shape index (κ3) is 3.13. The summed E-state index contributed by atoms with van der Waals surface area (Å²) in [5.74, 6) is 1.99. The van der Waals surface area contributed by atoms with Gasteiger partial charge in [-0.3, -0.25) is 9.89 Å². The van der Waals surface area contributed by atoms with Crippen LogP contribution in [0.1, 0.15) is 22.0 Å². The highest BCUT2D eigenvalue weighted by Gasteiger charge is 2.22. The molecule has 0 saturated heterocycles. The van der Waals surface area contributed by atoms with Gasteiger partial charge in [0.15, 0.2) is 5.82 Å². The third-order valence-electron chi connectivity index (χ3n) is 3.01. The number of ether oxygens (including phenoxy) is 2. The lowest BCUT2D eigenvalue weighted by molar-refractivity contribution is 0.0774. The van der Waals surface area contributed by atoms with Crippen molar-refractivity contribution in [2.75, 3.05) is 21.3 Å². The number of benzene rings is 1. The van der Waals surface area contributed by atoms with E-state index < -0.39 is 0 Å². The molecule has 7 heteroatoms. The molecule has 2 rings (SSSR count). The van der Waals surface area contributed by atoms with Gasteiger partial charge in [0.1, 0.15) is 22.9 Å². The fourth-order valence-corrected chi connectivity index (χ4v) is 2.00. The van der Waals surface area contributed by atoms with Crippen LogP contribution in [0.5, 0.6) is 11.5 Å². The molecule has 0 fully saturated rings. The van der Waals surface area contributed by atoms with Crippen molar-refractivity contribution in [1.29, 1.82) is 0 Å². The van der Waals surface area contributed by atoms with Gasteiger partial charge in [0.25, 0.3) is 5.91 Å². The number of amides is 1.